The number of hydrogen-bond donors (Lipinski definition) is 0. The van der Waals surface area contributed by atoms with Crippen LogP contribution in [0.5, 0.6) is 5.75 Å². The topological polar surface area (TPSA) is 60.4 Å². The fourth-order valence-electron chi connectivity index (χ4n) is 4.67. The first kappa shape index (κ1) is 30.2. The van der Waals surface area contributed by atoms with Gasteiger partial charge in [0.1, 0.15) is 0 Å². The molecule has 11 heteroatoms. The summed E-state index contributed by atoms with van der Waals surface area (Å²) in [5, 5.41) is 1.63. The number of rotatable bonds is 6. The van der Waals surface area contributed by atoms with E-state index in [1.807, 2.05) is 0 Å². The lowest BCUT2D eigenvalue weighted by molar-refractivity contribution is -0.0499. The highest BCUT2D eigenvalue weighted by Gasteiger charge is 2.49. The highest BCUT2D eigenvalue weighted by atomic mass is 35.5. The zero-order chi connectivity index (χ0) is 29.6. The Bertz CT molecular complexity index is 1710. The van der Waals surface area contributed by atoms with Crippen molar-refractivity contribution < 1.29 is 30.3 Å². The van der Waals surface area contributed by atoms with Crippen LogP contribution >= 0.6 is 30.3 Å². The van der Waals surface area contributed by atoms with Crippen molar-refractivity contribution in [1.82, 2.24) is 0 Å². The van der Waals surface area contributed by atoms with Crippen LogP contribution in [0.4, 0.5) is 13.2 Å². The van der Waals surface area contributed by atoms with Gasteiger partial charge >= 0.3 is 15.6 Å². The van der Waals surface area contributed by atoms with Crippen molar-refractivity contribution in [1.29, 1.82) is 0 Å². The Morgan fingerprint density at radius 2 is 1.15 bits per heavy atom. The summed E-state index contributed by atoms with van der Waals surface area (Å²) in [5.41, 5.74) is -4.07. The molecule has 0 heterocycles. The van der Waals surface area contributed by atoms with Gasteiger partial charge < -0.3 is 8.75 Å². The van der Waals surface area contributed by atoms with Crippen molar-refractivity contribution in [2.45, 2.75) is 33.2 Å². The lowest BCUT2D eigenvalue weighted by atomic mass is 9.93. The summed E-state index contributed by atoms with van der Waals surface area (Å²) in [6.45, 7) is 6.40. The van der Waals surface area contributed by atoms with Crippen LogP contribution < -0.4 is 20.1 Å². The highest BCUT2D eigenvalue weighted by molar-refractivity contribution is 7.88. The molecule has 0 aliphatic carbocycles. The zero-order valence-corrected chi connectivity index (χ0v) is 25.0. The van der Waals surface area contributed by atoms with Crippen molar-refractivity contribution in [3.63, 3.8) is 0 Å². The van der Waals surface area contributed by atoms with Crippen LogP contribution in [0.2, 0.25) is 10.0 Å². The lowest BCUT2D eigenvalue weighted by Crippen LogP contribution is -2.29. The van der Waals surface area contributed by atoms with E-state index in [2.05, 4.69) is 0 Å². The lowest BCUT2D eigenvalue weighted by Gasteiger charge is -2.27. The average molecular weight is 627 g/mol. The van der Waals surface area contributed by atoms with Crippen molar-refractivity contribution in [2.24, 2.45) is 0 Å². The summed E-state index contributed by atoms with van der Waals surface area (Å²) >= 11 is 13.2. The predicted octanol–water partition coefficient (Wildman–Crippen LogP) is 7.76. The number of halogens is 5. The van der Waals surface area contributed by atoms with Gasteiger partial charge in [0, 0.05) is 37.1 Å². The monoisotopic (exact) mass is 626 g/mol. The third-order valence-electron chi connectivity index (χ3n) is 6.62. The van der Waals surface area contributed by atoms with Crippen molar-refractivity contribution in [2.75, 3.05) is 0 Å². The summed E-state index contributed by atoms with van der Waals surface area (Å²) in [4.78, 5) is 0. The van der Waals surface area contributed by atoms with Crippen LogP contribution in [-0.4, -0.2) is 13.9 Å². The number of alkyl halides is 3. The van der Waals surface area contributed by atoms with Gasteiger partial charge in [0.25, 0.3) is 0 Å². The molecule has 40 heavy (non-hydrogen) atoms. The van der Waals surface area contributed by atoms with Crippen LogP contribution in [0, 0.1) is 27.7 Å². The number of benzene rings is 4. The minimum Gasteiger partial charge on any atom is -0.375 e. The molecule has 0 fully saturated rings. The molecule has 0 saturated carbocycles. The Morgan fingerprint density at radius 3 is 1.60 bits per heavy atom. The smallest absolute Gasteiger partial charge is 0.375 e. The van der Waals surface area contributed by atoms with Gasteiger partial charge in [0.15, 0.2) is 12.9 Å². The molecule has 0 atom stereocenters. The van der Waals surface area contributed by atoms with Crippen LogP contribution in [0.1, 0.15) is 22.3 Å². The van der Waals surface area contributed by atoms with Gasteiger partial charge in [0.05, 0.1) is 0 Å². The minimum absolute atomic E-state index is 0.0510. The molecular formula is C29H24Cl2F3O4PS. The van der Waals surface area contributed by atoms with E-state index in [-0.39, 0.29) is 32.0 Å². The Morgan fingerprint density at radius 1 is 0.725 bits per heavy atom. The normalized spacial score (nSPS) is 12.4. The largest absolute Gasteiger partial charge is 0.534 e. The van der Waals surface area contributed by atoms with E-state index in [0.29, 0.717) is 27.3 Å². The highest BCUT2D eigenvalue weighted by Crippen LogP contribution is 2.51. The second-order valence-electron chi connectivity index (χ2n) is 9.30. The maximum atomic E-state index is 15.4. The van der Waals surface area contributed by atoms with E-state index in [1.165, 1.54) is 13.8 Å². The van der Waals surface area contributed by atoms with Crippen LogP contribution in [-0.2, 0) is 14.7 Å². The quantitative estimate of drug-likeness (QED) is 0.125. The maximum absolute atomic E-state index is 15.4. The number of aryl methyl sites for hydroxylation is 2. The van der Waals surface area contributed by atoms with Crippen LogP contribution in [0.25, 0.3) is 11.1 Å². The molecule has 0 aromatic heterocycles. The minimum atomic E-state index is -6.06. The molecule has 4 aromatic rings. The first-order valence-electron chi connectivity index (χ1n) is 11.9. The molecule has 0 radical (unpaired) electrons. The van der Waals surface area contributed by atoms with Gasteiger partial charge in [-0.2, -0.15) is 21.6 Å². The molecule has 4 rings (SSSR count). The summed E-state index contributed by atoms with van der Waals surface area (Å²) in [7, 11) is -9.79. The van der Waals surface area contributed by atoms with E-state index in [1.54, 1.807) is 80.6 Å². The summed E-state index contributed by atoms with van der Waals surface area (Å²) in [6.07, 6.45) is 0. The molecule has 4 nitrogen and oxygen atoms in total. The maximum Gasteiger partial charge on any atom is 0.534 e. The third-order valence-corrected chi connectivity index (χ3v) is 11.8. The van der Waals surface area contributed by atoms with Gasteiger partial charge in [-0.15, -0.1) is 0 Å². The van der Waals surface area contributed by atoms with Gasteiger partial charge in [0.2, 0.25) is 0 Å². The molecule has 210 valence electrons. The van der Waals surface area contributed by atoms with E-state index in [9.17, 15) is 21.6 Å². The standard InChI is InChI=1S/C29H24Cl2F3O4PS/c1-17-15-23(38-40(36,37)29(32,33)34)25(19(3)27(17)30)26-20(4)28(31)18(2)16-24(26)39(35,21-11-7-5-8-12-21)22-13-9-6-10-14-22/h5-16H,1-4H3. The van der Waals surface area contributed by atoms with Gasteiger partial charge in [-0.3, -0.25) is 0 Å². The summed E-state index contributed by atoms with van der Waals surface area (Å²) in [6, 6.07) is 20.1. The first-order chi connectivity index (χ1) is 18.6. The van der Waals surface area contributed by atoms with E-state index in [0.717, 1.165) is 6.07 Å². The molecule has 0 spiro atoms. The second-order valence-corrected chi connectivity index (χ2v) is 14.3. The zero-order valence-electron chi connectivity index (χ0n) is 21.8. The summed E-state index contributed by atoms with van der Waals surface area (Å²) < 4.78 is 84.8. The van der Waals surface area contributed by atoms with Gasteiger partial charge in [-0.25, -0.2) is 0 Å². The Balaban J connectivity index is 2.21. The molecule has 4 aromatic carbocycles. The van der Waals surface area contributed by atoms with E-state index < -0.39 is 28.5 Å². The number of hydrogen-bond acceptors (Lipinski definition) is 4. The van der Waals surface area contributed by atoms with Gasteiger partial charge in [-0.1, -0.05) is 83.9 Å². The fourth-order valence-corrected chi connectivity index (χ4v) is 8.44. The molecule has 0 aliphatic heterocycles. The fraction of sp³-hybridized carbons (Fsp3) is 0.172. The molecule has 0 N–H and O–H groups in total. The Kier molecular flexibility index (Phi) is 8.23. The second kappa shape index (κ2) is 10.9. The molecule has 0 aliphatic rings. The van der Waals surface area contributed by atoms with Crippen LogP contribution in [0.3, 0.4) is 0 Å². The third kappa shape index (κ3) is 5.18. The van der Waals surface area contributed by atoms with Gasteiger partial charge in [-0.05, 0) is 62.1 Å². The average Bonchev–Trinajstić information content (AvgIpc) is 2.91. The first-order valence-corrected chi connectivity index (χ1v) is 15.8. The van der Waals surface area contributed by atoms with Crippen molar-refractivity contribution in [3.8, 4) is 16.9 Å². The van der Waals surface area contributed by atoms with E-state index in [4.69, 9.17) is 27.4 Å². The molecule has 0 bridgehead atoms. The molecule has 0 unspecified atom stereocenters. The van der Waals surface area contributed by atoms with Crippen LogP contribution in [0.15, 0.2) is 72.8 Å². The molecule has 0 saturated heterocycles. The van der Waals surface area contributed by atoms with Crippen molar-refractivity contribution in [3.05, 3.63) is 105 Å². The van der Waals surface area contributed by atoms with Crippen molar-refractivity contribution >= 4 is 56.4 Å². The molecular weight excluding hydrogens is 603 g/mol. The molecule has 0 amide bonds. The summed E-state index contributed by atoms with van der Waals surface area (Å²) in [5.74, 6) is -0.603. The Hall–Kier alpha value is -2.77. The predicted molar refractivity (Wildman–Crippen MR) is 156 cm³/mol. The Labute approximate surface area is 241 Å². The van der Waals surface area contributed by atoms with E-state index >= 15 is 4.57 Å². The SMILES string of the molecule is Cc1cc(OS(=O)(=O)C(F)(F)F)c(-c2c(P(=O)(c3ccccc3)c3ccccc3)cc(C)c(Cl)c2C)c(C)c1Cl.